The summed E-state index contributed by atoms with van der Waals surface area (Å²) in [6.07, 6.45) is 0.534. The van der Waals surface area contributed by atoms with Gasteiger partial charge in [-0.3, -0.25) is 9.59 Å². The molecule has 0 heterocycles. The van der Waals surface area contributed by atoms with Gasteiger partial charge in [0.05, 0.1) is 19.9 Å². The fraction of sp³-hybridized carbons (Fsp3) is 0.273. The van der Waals surface area contributed by atoms with Crippen molar-refractivity contribution in [2.24, 2.45) is 5.10 Å². The monoisotopic (exact) mass is 443 g/mol. The smallest absolute Gasteiger partial charge is 0.493 e. The van der Waals surface area contributed by atoms with E-state index in [9.17, 15) is 14.4 Å². The molecule has 10 heteroatoms. The van der Waals surface area contributed by atoms with E-state index in [-0.39, 0.29) is 24.7 Å². The Balaban J connectivity index is 1.83. The Hall–Kier alpha value is -4.08. The highest BCUT2D eigenvalue weighted by Gasteiger charge is 2.15. The van der Waals surface area contributed by atoms with E-state index in [1.807, 2.05) is 6.07 Å². The molecule has 170 valence electrons. The Morgan fingerprint density at radius 3 is 2.53 bits per heavy atom. The number of hydrogen-bond donors (Lipinski definition) is 2. The Bertz CT molecular complexity index is 948. The number of nitrogens with zero attached hydrogens (tertiary/aromatic N) is 1. The normalized spacial score (nSPS) is 11.3. The Morgan fingerprint density at radius 1 is 1.09 bits per heavy atom. The van der Waals surface area contributed by atoms with Crippen LogP contribution in [-0.2, 0) is 14.3 Å². The van der Waals surface area contributed by atoms with Gasteiger partial charge in [-0.1, -0.05) is 18.2 Å². The molecule has 1 atom stereocenters. The van der Waals surface area contributed by atoms with Crippen LogP contribution in [0, 0.1) is 0 Å². The fourth-order valence-electron chi connectivity index (χ4n) is 2.37. The van der Waals surface area contributed by atoms with Crippen LogP contribution in [0.15, 0.2) is 53.6 Å². The van der Waals surface area contributed by atoms with Gasteiger partial charge in [0.25, 0.3) is 11.8 Å². The minimum Gasteiger partial charge on any atom is -0.493 e. The zero-order chi connectivity index (χ0) is 23.3. The van der Waals surface area contributed by atoms with Gasteiger partial charge >= 0.3 is 6.16 Å². The Labute approximate surface area is 185 Å². The van der Waals surface area contributed by atoms with Gasteiger partial charge < -0.3 is 24.3 Å². The van der Waals surface area contributed by atoms with E-state index >= 15 is 0 Å². The van der Waals surface area contributed by atoms with Crippen LogP contribution in [-0.4, -0.2) is 50.5 Å². The third-order valence-corrected chi connectivity index (χ3v) is 3.92. The van der Waals surface area contributed by atoms with E-state index in [0.717, 1.165) is 0 Å². The van der Waals surface area contributed by atoms with Crippen molar-refractivity contribution in [2.75, 3.05) is 20.3 Å². The first kappa shape index (κ1) is 24.2. The number of hydrogen-bond acceptors (Lipinski definition) is 8. The van der Waals surface area contributed by atoms with Crippen molar-refractivity contribution in [1.29, 1.82) is 0 Å². The number of methoxy groups -OCH3 is 1. The van der Waals surface area contributed by atoms with Gasteiger partial charge in [0.15, 0.2) is 18.1 Å². The van der Waals surface area contributed by atoms with Crippen molar-refractivity contribution in [2.45, 2.75) is 19.9 Å². The molecule has 2 amide bonds. The van der Waals surface area contributed by atoms with E-state index in [4.69, 9.17) is 18.9 Å². The van der Waals surface area contributed by atoms with Gasteiger partial charge in [-0.15, -0.1) is 0 Å². The summed E-state index contributed by atoms with van der Waals surface area (Å²) in [4.78, 5) is 35.5. The number of rotatable bonds is 10. The molecule has 0 aromatic heterocycles. The molecule has 2 aromatic carbocycles. The van der Waals surface area contributed by atoms with E-state index in [1.54, 1.807) is 43.3 Å². The number of carbonyl (C=O) groups is 3. The summed E-state index contributed by atoms with van der Waals surface area (Å²) >= 11 is 0. The lowest BCUT2D eigenvalue weighted by Gasteiger charge is -2.12. The summed E-state index contributed by atoms with van der Waals surface area (Å²) < 4.78 is 20.3. The Morgan fingerprint density at radius 2 is 1.84 bits per heavy atom. The maximum Gasteiger partial charge on any atom is 0.513 e. The molecule has 0 bridgehead atoms. The van der Waals surface area contributed by atoms with Crippen molar-refractivity contribution < 1.29 is 33.3 Å². The molecule has 0 saturated carbocycles. The van der Waals surface area contributed by atoms with E-state index in [1.165, 1.54) is 26.3 Å². The van der Waals surface area contributed by atoms with Crippen LogP contribution in [0.2, 0.25) is 0 Å². The van der Waals surface area contributed by atoms with Crippen LogP contribution in [0.25, 0.3) is 0 Å². The Kier molecular flexibility index (Phi) is 9.51. The second-order valence-electron chi connectivity index (χ2n) is 6.32. The highest BCUT2D eigenvalue weighted by Crippen LogP contribution is 2.27. The quantitative estimate of drug-likeness (QED) is 0.250. The second kappa shape index (κ2) is 12.6. The van der Waals surface area contributed by atoms with E-state index in [0.29, 0.717) is 11.3 Å². The summed E-state index contributed by atoms with van der Waals surface area (Å²) in [7, 11) is 1.42. The zero-order valence-corrected chi connectivity index (χ0v) is 18.0. The van der Waals surface area contributed by atoms with E-state index in [2.05, 4.69) is 15.8 Å². The first-order valence-corrected chi connectivity index (χ1v) is 9.75. The average molecular weight is 443 g/mol. The number of para-hydroxylation sites is 1. The lowest BCUT2D eigenvalue weighted by Crippen LogP contribution is -2.45. The predicted octanol–water partition coefficient (Wildman–Crippen LogP) is 2.26. The van der Waals surface area contributed by atoms with Gasteiger partial charge in [0, 0.05) is 0 Å². The third-order valence-electron chi connectivity index (χ3n) is 3.92. The molecule has 10 nitrogen and oxygen atoms in total. The minimum atomic E-state index is -0.843. The molecular weight excluding hydrogens is 418 g/mol. The summed E-state index contributed by atoms with van der Waals surface area (Å²) in [6.45, 7) is 3.16. The number of carbonyl (C=O) groups excluding carboxylic acids is 3. The van der Waals surface area contributed by atoms with Crippen LogP contribution < -0.4 is 25.0 Å². The predicted molar refractivity (Wildman–Crippen MR) is 116 cm³/mol. The molecular formula is C22H25N3O7. The van der Waals surface area contributed by atoms with E-state index < -0.39 is 24.0 Å². The van der Waals surface area contributed by atoms with Crippen molar-refractivity contribution in [3.05, 3.63) is 54.1 Å². The van der Waals surface area contributed by atoms with Crippen molar-refractivity contribution in [3.8, 4) is 17.2 Å². The molecule has 0 spiro atoms. The van der Waals surface area contributed by atoms with Gasteiger partial charge in [-0.2, -0.15) is 5.10 Å². The molecule has 32 heavy (non-hydrogen) atoms. The highest BCUT2D eigenvalue weighted by atomic mass is 16.7. The number of amides is 2. The van der Waals surface area contributed by atoms with Gasteiger partial charge in [0.1, 0.15) is 11.8 Å². The minimum absolute atomic E-state index is 0.182. The lowest BCUT2D eigenvalue weighted by atomic mass is 10.2. The summed E-state index contributed by atoms with van der Waals surface area (Å²) in [6, 6.07) is 12.7. The SMILES string of the molecule is CCOC(=O)Oc1ccc(C=NNC(=O)C(C)NC(=O)COc2ccccc2)cc1OC. The molecule has 1 unspecified atom stereocenters. The van der Waals surface area contributed by atoms with Crippen molar-refractivity contribution in [3.63, 3.8) is 0 Å². The molecule has 0 aliphatic rings. The third kappa shape index (κ3) is 7.98. The first-order valence-electron chi connectivity index (χ1n) is 9.75. The molecule has 2 rings (SSSR count). The topological polar surface area (TPSA) is 125 Å². The van der Waals surface area contributed by atoms with Crippen LogP contribution in [0.4, 0.5) is 4.79 Å². The summed E-state index contributed by atoms with van der Waals surface area (Å²) in [5.41, 5.74) is 2.92. The summed E-state index contributed by atoms with van der Waals surface area (Å²) in [5, 5.41) is 6.39. The number of benzene rings is 2. The number of hydrazone groups is 1. The molecule has 0 saturated heterocycles. The van der Waals surface area contributed by atoms with Crippen LogP contribution in [0.1, 0.15) is 19.4 Å². The van der Waals surface area contributed by atoms with Gasteiger partial charge in [0.2, 0.25) is 0 Å². The number of nitrogens with one attached hydrogen (secondary N) is 2. The standard InChI is InChI=1S/C22H25N3O7/c1-4-30-22(28)32-18-11-10-16(12-19(18)29-3)13-23-25-21(27)15(2)24-20(26)14-31-17-8-6-5-7-9-17/h5-13,15H,4,14H2,1-3H3,(H,24,26)(H,25,27). The molecule has 2 N–H and O–H groups in total. The van der Waals surface area contributed by atoms with Gasteiger partial charge in [-0.25, -0.2) is 10.2 Å². The second-order valence-corrected chi connectivity index (χ2v) is 6.32. The molecule has 0 fully saturated rings. The average Bonchev–Trinajstić information content (AvgIpc) is 2.79. The summed E-state index contributed by atoms with van der Waals surface area (Å²) in [5.74, 6) is 0.0676. The zero-order valence-electron chi connectivity index (χ0n) is 18.0. The lowest BCUT2D eigenvalue weighted by molar-refractivity contribution is -0.129. The molecule has 2 aromatic rings. The van der Waals surface area contributed by atoms with Crippen molar-refractivity contribution in [1.82, 2.24) is 10.7 Å². The fourth-order valence-corrected chi connectivity index (χ4v) is 2.37. The molecule has 0 aliphatic carbocycles. The largest absolute Gasteiger partial charge is 0.513 e. The first-order chi connectivity index (χ1) is 15.4. The van der Waals surface area contributed by atoms with Crippen molar-refractivity contribution >= 4 is 24.2 Å². The van der Waals surface area contributed by atoms with Crippen LogP contribution >= 0.6 is 0 Å². The number of ether oxygens (including phenoxy) is 4. The van der Waals surface area contributed by atoms with Crippen LogP contribution in [0.5, 0.6) is 17.2 Å². The van der Waals surface area contributed by atoms with Crippen LogP contribution in [0.3, 0.4) is 0 Å². The maximum absolute atomic E-state index is 12.1. The van der Waals surface area contributed by atoms with Gasteiger partial charge in [-0.05, 0) is 49.7 Å². The molecule has 0 radical (unpaired) electrons. The molecule has 0 aliphatic heterocycles. The highest BCUT2D eigenvalue weighted by molar-refractivity contribution is 5.89. The maximum atomic E-state index is 12.1.